The summed E-state index contributed by atoms with van der Waals surface area (Å²) in [6.07, 6.45) is 5.85. The molecule has 0 radical (unpaired) electrons. The van der Waals surface area contributed by atoms with Crippen LogP contribution in [0.3, 0.4) is 0 Å². The Morgan fingerprint density at radius 3 is 2.47 bits per heavy atom. The van der Waals surface area contributed by atoms with Crippen molar-refractivity contribution in [1.29, 1.82) is 5.26 Å². The number of hydrogen-bond acceptors (Lipinski definition) is 3. The monoisotopic (exact) mass is 208 g/mol. The third kappa shape index (κ3) is 2.02. The van der Waals surface area contributed by atoms with Gasteiger partial charge in [0.15, 0.2) is 0 Å². The van der Waals surface area contributed by atoms with Crippen LogP contribution in [-0.2, 0) is 0 Å². The molecule has 2 heterocycles. The smallest absolute Gasteiger partial charge is 0.0638 e. The van der Waals surface area contributed by atoms with Gasteiger partial charge in [-0.1, -0.05) is 6.92 Å². The zero-order valence-electron chi connectivity index (χ0n) is 9.39. The summed E-state index contributed by atoms with van der Waals surface area (Å²) in [5.41, 5.74) is 0. The maximum absolute atomic E-state index is 9.70. The molecule has 2 rings (SSSR count). The molecule has 3 atom stereocenters. The number of aliphatic hydroxyl groups is 1. The van der Waals surface area contributed by atoms with Crippen molar-refractivity contribution in [3.05, 3.63) is 0 Å². The highest BCUT2D eigenvalue weighted by Gasteiger charge is 2.42. The van der Waals surface area contributed by atoms with Gasteiger partial charge in [-0.2, -0.15) is 5.26 Å². The average molecular weight is 208 g/mol. The summed E-state index contributed by atoms with van der Waals surface area (Å²) in [7, 11) is 0. The molecule has 0 spiro atoms. The largest absolute Gasteiger partial charge is 0.393 e. The van der Waals surface area contributed by atoms with E-state index in [4.69, 9.17) is 5.26 Å². The lowest BCUT2D eigenvalue weighted by Crippen LogP contribution is -2.49. The van der Waals surface area contributed by atoms with Crippen LogP contribution in [0, 0.1) is 11.3 Å². The van der Waals surface area contributed by atoms with Gasteiger partial charge in [0, 0.05) is 18.1 Å². The predicted molar refractivity (Wildman–Crippen MR) is 58.2 cm³/mol. The molecule has 84 valence electrons. The van der Waals surface area contributed by atoms with Gasteiger partial charge in [0.05, 0.1) is 18.6 Å². The Morgan fingerprint density at radius 2 is 2.00 bits per heavy atom. The van der Waals surface area contributed by atoms with Crippen LogP contribution in [0.1, 0.15) is 45.4 Å². The van der Waals surface area contributed by atoms with Crippen LogP contribution >= 0.6 is 0 Å². The first-order valence-electron chi connectivity index (χ1n) is 6.08. The fourth-order valence-corrected chi connectivity index (χ4v) is 3.35. The van der Waals surface area contributed by atoms with E-state index < -0.39 is 0 Å². The molecule has 0 aromatic rings. The summed E-state index contributed by atoms with van der Waals surface area (Å²) in [6.45, 7) is 2.16. The number of piperidine rings is 1. The molecule has 0 aromatic carbocycles. The van der Waals surface area contributed by atoms with Gasteiger partial charge in [-0.05, 0) is 32.1 Å². The van der Waals surface area contributed by atoms with Crippen LogP contribution in [0.5, 0.6) is 0 Å². The first-order valence-corrected chi connectivity index (χ1v) is 6.08. The second-order valence-electron chi connectivity index (χ2n) is 4.88. The van der Waals surface area contributed by atoms with Gasteiger partial charge in [0.25, 0.3) is 0 Å². The van der Waals surface area contributed by atoms with Crippen molar-refractivity contribution in [3.63, 3.8) is 0 Å². The minimum atomic E-state index is -0.0988. The van der Waals surface area contributed by atoms with E-state index in [1.807, 2.05) is 0 Å². The zero-order chi connectivity index (χ0) is 10.8. The number of rotatable bonds is 3. The van der Waals surface area contributed by atoms with Crippen molar-refractivity contribution in [2.45, 2.75) is 69.7 Å². The van der Waals surface area contributed by atoms with Gasteiger partial charge in [-0.15, -0.1) is 0 Å². The highest BCUT2D eigenvalue weighted by Crippen LogP contribution is 2.38. The van der Waals surface area contributed by atoms with Crippen molar-refractivity contribution >= 4 is 0 Å². The zero-order valence-corrected chi connectivity index (χ0v) is 9.39. The molecule has 3 nitrogen and oxygen atoms in total. The SMILES string of the molecule is CCC(CC#N)N1C2CCC1CC(O)C2. The van der Waals surface area contributed by atoms with E-state index in [-0.39, 0.29) is 6.10 Å². The molecule has 15 heavy (non-hydrogen) atoms. The normalized spacial score (nSPS) is 37.5. The molecule has 0 amide bonds. The maximum atomic E-state index is 9.70. The first kappa shape index (κ1) is 10.9. The quantitative estimate of drug-likeness (QED) is 0.767. The van der Waals surface area contributed by atoms with E-state index in [9.17, 15) is 5.11 Å². The van der Waals surface area contributed by atoms with Crippen molar-refractivity contribution in [3.8, 4) is 6.07 Å². The minimum absolute atomic E-state index is 0.0988. The number of aliphatic hydroxyl groups excluding tert-OH is 1. The Labute approximate surface area is 91.7 Å². The standard InChI is InChI=1S/C12H20N2O/c1-2-9(5-6-13)14-10-3-4-11(14)8-12(15)7-10/h9-12,15H,2-5,7-8H2,1H3. The highest BCUT2D eigenvalue weighted by molar-refractivity contribution is 4.99. The third-order valence-electron chi connectivity index (χ3n) is 3.98. The molecular weight excluding hydrogens is 188 g/mol. The van der Waals surface area contributed by atoms with Gasteiger partial charge in [0.1, 0.15) is 0 Å². The molecule has 2 bridgehead atoms. The highest BCUT2D eigenvalue weighted by atomic mass is 16.3. The Kier molecular flexibility index (Phi) is 3.28. The van der Waals surface area contributed by atoms with Crippen molar-refractivity contribution in [2.24, 2.45) is 0 Å². The molecule has 0 saturated carbocycles. The molecule has 3 heteroatoms. The number of hydrogen-bond donors (Lipinski definition) is 1. The predicted octanol–water partition coefficient (Wildman–Crippen LogP) is 1.67. The second-order valence-corrected chi connectivity index (χ2v) is 4.88. The van der Waals surface area contributed by atoms with Gasteiger partial charge in [-0.3, -0.25) is 4.90 Å². The van der Waals surface area contributed by atoms with Crippen LogP contribution in [0.2, 0.25) is 0 Å². The Bertz CT molecular complexity index is 247. The van der Waals surface area contributed by atoms with Gasteiger partial charge in [-0.25, -0.2) is 0 Å². The van der Waals surface area contributed by atoms with Gasteiger partial charge >= 0.3 is 0 Å². The molecule has 2 saturated heterocycles. The molecule has 2 aliphatic rings. The lowest BCUT2D eigenvalue weighted by molar-refractivity contribution is 0.0103. The fourth-order valence-electron chi connectivity index (χ4n) is 3.35. The second kappa shape index (κ2) is 4.51. The topological polar surface area (TPSA) is 47.3 Å². The van der Waals surface area contributed by atoms with Crippen molar-refractivity contribution in [1.82, 2.24) is 4.90 Å². The van der Waals surface area contributed by atoms with Crippen LogP contribution in [0.4, 0.5) is 0 Å². The van der Waals surface area contributed by atoms with Gasteiger partial charge < -0.3 is 5.11 Å². The van der Waals surface area contributed by atoms with Crippen LogP contribution in [-0.4, -0.2) is 34.2 Å². The van der Waals surface area contributed by atoms with E-state index in [1.165, 1.54) is 12.8 Å². The molecule has 1 N–H and O–H groups in total. The molecule has 2 fully saturated rings. The number of fused-ring (bicyclic) bond motifs is 2. The van der Waals surface area contributed by atoms with Crippen LogP contribution in [0.15, 0.2) is 0 Å². The van der Waals surface area contributed by atoms with Crippen molar-refractivity contribution in [2.75, 3.05) is 0 Å². The molecule has 3 unspecified atom stereocenters. The Hall–Kier alpha value is -0.590. The third-order valence-corrected chi connectivity index (χ3v) is 3.98. The fraction of sp³-hybridized carbons (Fsp3) is 0.917. The van der Waals surface area contributed by atoms with E-state index in [0.717, 1.165) is 19.3 Å². The summed E-state index contributed by atoms with van der Waals surface area (Å²) in [4.78, 5) is 2.52. The molecule has 0 aromatic heterocycles. The summed E-state index contributed by atoms with van der Waals surface area (Å²) in [6, 6.07) is 3.79. The lowest BCUT2D eigenvalue weighted by atomic mass is 9.96. The van der Waals surface area contributed by atoms with Crippen molar-refractivity contribution < 1.29 is 5.11 Å². The summed E-state index contributed by atoms with van der Waals surface area (Å²) in [5, 5.41) is 18.5. The lowest BCUT2D eigenvalue weighted by Gasteiger charge is -2.41. The number of nitriles is 1. The van der Waals surface area contributed by atoms with E-state index in [0.29, 0.717) is 24.5 Å². The summed E-state index contributed by atoms with van der Waals surface area (Å²) < 4.78 is 0. The minimum Gasteiger partial charge on any atom is -0.393 e. The first-order chi connectivity index (χ1) is 7.26. The molecular formula is C12H20N2O. The number of nitrogens with zero attached hydrogens (tertiary/aromatic N) is 2. The van der Waals surface area contributed by atoms with Crippen LogP contribution in [0.25, 0.3) is 0 Å². The molecule has 0 aliphatic carbocycles. The van der Waals surface area contributed by atoms with Crippen LogP contribution < -0.4 is 0 Å². The van der Waals surface area contributed by atoms with E-state index in [2.05, 4.69) is 17.9 Å². The Morgan fingerprint density at radius 1 is 1.40 bits per heavy atom. The van der Waals surface area contributed by atoms with E-state index >= 15 is 0 Å². The van der Waals surface area contributed by atoms with Gasteiger partial charge in [0.2, 0.25) is 0 Å². The summed E-state index contributed by atoms with van der Waals surface area (Å²) >= 11 is 0. The van der Waals surface area contributed by atoms with E-state index in [1.54, 1.807) is 0 Å². The summed E-state index contributed by atoms with van der Waals surface area (Å²) in [5.74, 6) is 0. The Balaban J connectivity index is 2.06. The molecule has 2 aliphatic heterocycles. The maximum Gasteiger partial charge on any atom is 0.0638 e. The average Bonchev–Trinajstić information content (AvgIpc) is 2.47.